The van der Waals surface area contributed by atoms with Gasteiger partial charge in [-0.3, -0.25) is 0 Å². The smallest absolute Gasteiger partial charge is 0.429 e. The first kappa shape index (κ1) is 12.8. The minimum Gasteiger partial charge on any atom is -0.429 e. The van der Waals surface area contributed by atoms with Crippen molar-refractivity contribution in [2.45, 2.75) is 13.5 Å². The molecule has 0 aromatic heterocycles. The van der Waals surface area contributed by atoms with Crippen LogP contribution < -0.4 is 0 Å². The van der Waals surface area contributed by atoms with Crippen molar-refractivity contribution in [3.8, 4) is 9.85 Å². The van der Waals surface area contributed by atoms with Crippen LogP contribution in [-0.2, 0) is 16.1 Å². The Labute approximate surface area is 108 Å². The van der Waals surface area contributed by atoms with Gasteiger partial charge >= 0.3 is 6.16 Å². The first-order valence-corrected chi connectivity index (χ1v) is 5.74. The van der Waals surface area contributed by atoms with Crippen LogP contribution in [0.4, 0.5) is 4.79 Å². The third kappa shape index (κ3) is 5.03. The lowest BCUT2D eigenvalue weighted by molar-refractivity contribution is 0.0589. The second-order valence-electron chi connectivity index (χ2n) is 3.08. The lowest BCUT2D eigenvalue weighted by atomic mass is 10.2. The van der Waals surface area contributed by atoms with E-state index in [-0.39, 0.29) is 13.2 Å². The van der Waals surface area contributed by atoms with Crippen LogP contribution in [0.2, 0.25) is 0 Å². The monoisotopic (exact) mass is 330 g/mol. The Morgan fingerprint density at radius 3 is 2.62 bits per heavy atom. The van der Waals surface area contributed by atoms with Crippen molar-refractivity contribution in [2.75, 3.05) is 6.61 Å². The van der Waals surface area contributed by atoms with Gasteiger partial charge in [0.1, 0.15) is 6.61 Å². The molecule has 0 bridgehead atoms. The van der Waals surface area contributed by atoms with Gasteiger partial charge in [0.15, 0.2) is 6.61 Å². The van der Waals surface area contributed by atoms with E-state index in [0.717, 1.165) is 5.56 Å². The normalized spacial score (nSPS) is 8.88. The summed E-state index contributed by atoms with van der Waals surface area (Å²) in [7, 11) is 0. The second-order valence-corrected chi connectivity index (χ2v) is 3.62. The van der Waals surface area contributed by atoms with Gasteiger partial charge in [-0.15, -0.1) is 0 Å². The molecular formula is C12H11IO3. The van der Waals surface area contributed by atoms with Crippen LogP contribution in [0, 0.1) is 16.8 Å². The maximum Gasteiger partial charge on any atom is 0.509 e. The lowest BCUT2D eigenvalue weighted by Crippen LogP contribution is -2.07. The molecule has 0 unspecified atom stereocenters. The average Bonchev–Trinajstić information content (AvgIpc) is 2.29. The van der Waals surface area contributed by atoms with Crippen molar-refractivity contribution in [1.29, 1.82) is 0 Å². The summed E-state index contributed by atoms with van der Waals surface area (Å²) in [4.78, 5) is 11.0. The Kier molecular flexibility index (Phi) is 5.72. The molecule has 0 heterocycles. The van der Waals surface area contributed by atoms with E-state index in [4.69, 9.17) is 4.74 Å². The molecule has 1 rings (SSSR count). The summed E-state index contributed by atoms with van der Waals surface area (Å²) in [6.45, 7) is 2.29. The van der Waals surface area contributed by atoms with Gasteiger partial charge in [0, 0.05) is 22.6 Å². The Balaban J connectivity index is 2.30. The van der Waals surface area contributed by atoms with Crippen molar-refractivity contribution in [3.05, 3.63) is 35.4 Å². The largest absolute Gasteiger partial charge is 0.509 e. The van der Waals surface area contributed by atoms with Gasteiger partial charge in [0.25, 0.3) is 0 Å². The SMILES string of the molecule is Cc1ccc(COC(=O)OCC#CI)cc1. The standard InChI is InChI=1S/C12H11IO3/c1-10-3-5-11(6-4-10)9-16-12(14)15-8-2-7-13/h3-6H,8-9H2,1H3. The molecule has 84 valence electrons. The van der Waals surface area contributed by atoms with Crippen LogP contribution in [0.1, 0.15) is 11.1 Å². The number of benzene rings is 1. The summed E-state index contributed by atoms with van der Waals surface area (Å²) >= 11 is 1.87. The van der Waals surface area contributed by atoms with E-state index in [1.807, 2.05) is 53.8 Å². The molecule has 0 spiro atoms. The van der Waals surface area contributed by atoms with Crippen LogP contribution in [0.3, 0.4) is 0 Å². The number of aryl methyl sites for hydroxylation is 1. The molecule has 4 heteroatoms. The molecule has 16 heavy (non-hydrogen) atoms. The number of hydrogen-bond acceptors (Lipinski definition) is 3. The van der Waals surface area contributed by atoms with E-state index < -0.39 is 6.16 Å². The minimum absolute atomic E-state index is 0.0651. The van der Waals surface area contributed by atoms with Gasteiger partial charge in [-0.2, -0.15) is 0 Å². The molecule has 0 saturated carbocycles. The van der Waals surface area contributed by atoms with Crippen LogP contribution >= 0.6 is 22.6 Å². The van der Waals surface area contributed by atoms with E-state index in [0.29, 0.717) is 0 Å². The number of rotatable bonds is 3. The molecule has 0 N–H and O–H groups in total. The van der Waals surface area contributed by atoms with Gasteiger partial charge in [-0.25, -0.2) is 4.79 Å². The first-order chi connectivity index (χ1) is 7.72. The summed E-state index contributed by atoms with van der Waals surface area (Å²) in [6, 6.07) is 7.75. The highest BCUT2D eigenvalue weighted by Gasteiger charge is 2.02. The maximum absolute atomic E-state index is 11.0. The topological polar surface area (TPSA) is 35.5 Å². The fourth-order valence-corrected chi connectivity index (χ4v) is 1.15. The average molecular weight is 330 g/mol. The van der Waals surface area contributed by atoms with Crippen LogP contribution in [0.5, 0.6) is 0 Å². The van der Waals surface area contributed by atoms with Crippen molar-refractivity contribution >= 4 is 28.7 Å². The van der Waals surface area contributed by atoms with Gasteiger partial charge < -0.3 is 9.47 Å². The van der Waals surface area contributed by atoms with Crippen LogP contribution in [0.25, 0.3) is 0 Å². The Morgan fingerprint density at radius 1 is 1.31 bits per heavy atom. The second kappa shape index (κ2) is 7.12. The molecule has 0 atom stereocenters. The van der Waals surface area contributed by atoms with Gasteiger partial charge in [-0.1, -0.05) is 35.7 Å². The number of ether oxygens (including phenoxy) is 2. The number of carbonyl (C=O) groups excluding carboxylic acids is 1. The van der Waals surface area contributed by atoms with Gasteiger partial charge in [-0.05, 0) is 16.4 Å². The minimum atomic E-state index is -0.695. The summed E-state index contributed by atoms with van der Waals surface area (Å²) in [5, 5.41) is 0. The zero-order valence-corrected chi connectivity index (χ0v) is 11.0. The summed E-state index contributed by atoms with van der Waals surface area (Å²) < 4.78 is 12.2. The maximum atomic E-state index is 11.0. The van der Waals surface area contributed by atoms with E-state index in [1.54, 1.807) is 0 Å². The van der Waals surface area contributed by atoms with E-state index in [1.165, 1.54) is 5.56 Å². The molecule has 0 aliphatic heterocycles. The molecule has 1 aromatic rings. The highest BCUT2D eigenvalue weighted by molar-refractivity contribution is 14.1. The molecule has 0 saturated heterocycles. The van der Waals surface area contributed by atoms with Gasteiger partial charge in [0.2, 0.25) is 0 Å². The Hall–Kier alpha value is -1.22. The van der Waals surface area contributed by atoms with Crippen molar-refractivity contribution in [2.24, 2.45) is 0 Å². The van der Waals surface area contributed by atoms with Gasteiger partial charge in [0.05, 0.1) is 0 Å². The zero-order valence-electron chi connectivity index (χ0n) is 8.83. The van der Waals surface area contributed by atoms with E-state index in [2.05, 4.69) is 14.6 Å². The predicted molar refractivity (Wildman–Crippen MR) is 69.1 cm³/mol. The summed E-state index contributed by atoms with van der Waals surface area (Å²) in [6.07, 6.45) is -0.695. The highest BCUT2D eigenvalue weighted by Crippen LogP contribution is 2.04. The molecule has 0 aliphatic rings. The third-order valence-electron chi connectivity index (χ3n) is 1.81. The Morgan fingerprint density at radius 2 is 2.00 bits per heavy atom. The number of halogens is 1. The molecule has 0 radical (unpaired) electrons. The van der Waals surface area contributed by atoms with Crippen LogP contribution in [-0.4, -0.2) is 12.8 Å². The fraction of sp³-hybridized carbons (Fsp3) is 0.250. The van der Waals surface area contributed by atoms with Crippen molar-refractivity contribution in [3.63, 3.8) is 0 Å². The summed E-state index contributed by atoms with van der Waals surface area (Å²) in [5.74, 6) is 2.60. The highest BCUT2D eigenvalue weighted by atomic mass is 127. The molecule has 0 fully saturated rings. The molecular weight excluding hydrogens is 319 g/mol. The van der Waals surface area contributed by atoms with Crippen LogP contribution in [0.15, 0.2) is 24.3 Å². The van der Waals surface area contributed by atoms with Crippen molar-refractivity contribution < 1.29 is 14.3 Å². The predicted octanol–water partition coefficient (Wildman–Crippen LogP) is 3.04. The molecule has 1 aromatic carbocycles. The number of hydrogen-bond donors (Lipinski definition) is 0. The third-order valence-corrected chi connectivity index (χ3v) is 2.19. The zero-order chi connectivity index (χ0) is 11.8. The fourth-order valence-electron chi connectivity index (χ4n) is 0.991. The molecule has 0 aliphatic carbocycles. The van der Waals surface area contributed by atoms with E-state index >= 15 is 0 Å². The quantitative estimate of drug-likeness (QED) is 0.485. The number of carbonyl (C=O) groups is 1. The summed E-state index contributed by atoms with van der Waals surface area (Å²) in [5.41, 5.74) is 2.10. The van der Waals surface area contributed by atoms with Crippen molar-refractivity contribution in [1.82, 2.24) is 0 Å². The molecule has 3 nitrogen and oxygen atoms in total. The Bertz CT molecular complexity index is 401. The van der Waals surface area contributed by atoms with E-state index in [9.17, 15) is 4.79 Å². The lowest BCUT2D eigenvalue weighted by Gasteiger charge is -2.04. The molecule has 0 amide bonds. The first-order valence-electron chi connectivity index (χ1n) is 4.66.